The van der Waals surface area contributed by atoms with Gasteiger partial charge in [-0.15, -0.1) is 0 Å². The Bertz CT molecular complexity index is 928. The number of benzene rings is 1. The van der Waals surface area contributed by atoms with Crippen molar-refractivity contribution in [3.8, 4) is 0 Å². The second-order valence-corrected chi connectivity index (χ2v) is 11.2. The lowest BCUT2D eigenvalue weighted by atomic mass is 10.0. The first-order valence-corrected chi connectivity index (χ1v) is 12.1. The summed E-state index contributed by atoms with van der Waals surface area (Å²) >= 11 is 0. The van der Waals surface area contributed by atoms with Crippen molar-refractivity contribution in [3.63, 3.8) is 0 Å². The van der Waals surface area contributed by atoms with E-state index in [1.807, 2.05) is 33.8 Å². The first-order chi connectivity index (χ1) is 13.9. The van der Waals surface area contributed by atoms with E-state index < -0.39 is 10.0 Å². The van der Waals surface area contributed by atoms with Crippen LogP contribution in [0.25, 0.3) is 0 Å². The molecule has 8 heteroatoms. The van der Waals surface area contributed by atoms with Gasteiger partial charge in [0, 0.05) is 37.6 Å². The summed E-state index contributed by atoms with van der Waals surface area (Å²) < 4.78 is 28.4. The van der Waals surface area contributed by atoms with Gasteiger partial charge in [0.15, 0.2) is 0 Å². The summed E-state index contributed by atoms with van der Waals surface area (Å²) in [6.45, 7) is 11.1. The number of hydrogen-bond acceptors (Lipinski definition) is 4. The molecule has 1 N–H and O–H groups in total. The molecule has 2 fully saturated rings. The molecule has 0 aromatic heterocycles. The van der Waals surface area contributed by atoms with Gasteiger partial charge in [-0.05, 0) is 59.1 Å². The van der Waals surface area contributed by atoms with Gasteiger partial charge in [-0.2, -0.15) is 0 Å². The summed E-state index contributed by atoms with van der Waals surface area (Å²) in [6, 6.07) is 5.10. The van der Waals surface area contributed by atoms with Gasteiger partial charge >= 0.3 is 0 Å². The van der Waals surface area contributed by atoms with Crippen molar-refractivity contribution in [2.24, 2.45) is 5.92 Å². The number of nitrogens with zero attached hydrogens (tertiary/aromatic N) is 2. The predicted molar refractivity (Wildman–Crippen MR) is 115 cm³/mol. The fourth-order valence-corrected chi connectivity index (χ4v) is 5.91. The molecule has 2 heterocycles. The molecule has 0 saturated carbocycles. The van der Waals surface area contributed by atoms with Crippen molar-refractivity contribution in [2.75, 3.05) is 19.6 Å². The van der Waals surface area contributed by atoms with Gasteiger partial charge in [0.1, 0.15) is 0 Å². The zero-order chi connectivity index (χ0) is 22.3. The molecule has 2 aliphatic heterocycles. The van der Waals surface area contributed by atoms with Gasteiger partial charge in [0.05, 0.1) is 10.8 Å². The third kappa shape index (κ3) is 4.86. The van der Waals surface area contributed by atoms with E-state index in [2.05, 4.69) is 4.72 Å². The second-order valence-electron chi connectivity index (χ2n) is 9.57. The zero-order valence-corrected chi connectivity index (χ0v) is 19.4. The van der Waals surface area contributed by atoms with E-state index in [-0.39, 0.29) is 35.7 Å². The Morgan fingerprint density at radius 3 is 2.30 bits per heavy atom. The number of rotatable bonds is 4. The maximum absolute atomic E-state index is 12.9. The Hall–Kier alpha value is -1.93. The maximum Gasteiger partial charge on any atom is 0.241 e. The number of amides is 2. The molecule has 0 radical (unpaired) electrons. The molecule has 1 atom stereocenters. The van der Waals surface area contributed by atoms with Crippen LogP contribution in [-0.2, 0) is 19.6 Å². The summed E-state index contributed by atoms with van der Waals surface area (Å²) in [5.41, 5.74) is 1.46. The molecule has 0 spiro atoms. The van der Waals surface area contributed by atoms with Crippen molar-refractivity contribution in [1.29, 1.82) is 0 Å². The fraction of sp³-hybridized carbons (Fsp3) is 0.636. The van der Waals surface area contributed by atoms with E-state index in [0.717, 1.165) is 11.1 Å². The van der Waals surface area contributed by atoms with Gasteiger partial charge in [0.25, 0.3) is 0 Å². The summed E-state index contributed by atoms with van der Waals surface area (Å²) in [7, 11) is -3.60. The Morgan fingerprint density at radius 2 is 1.77 bits per heavy atom. The summed E-state index contributed by atoms with van der Waals surface area (Å²) in [4.78, 5) is 29.1. The molecule has 0 aliphatic carbocycles. The van der Waals surface area contributed by atoms with Crippen LogP contribution in [0.1, 0.15) is 51.2 Å². The van der Waals surface area contributed by atoms with E-state index in [1.165, 1.54) is 0 Å². The first-order valence-electron chi connectivity index (χ1n) is 10.6. The van der Waals surface area contributed by atoms with Gasteiger partial charge < -0.3 is 9.80 Å². The predicted octanol–water partition coefficient (Wildman–Crippen LogP) is 2.22. The Kier molecular flexibility index (Phi) is 6.30. The molecular weight excluding hydrogens is 402 g/mol. The number of piperidine rings is 1. The number of hydrogen-bond donors (Lipinski definition) is 1. The highest BCUT2D eigenvalue weighted by Crippen LogP contribution is 2.28. The minimum Gasteiger partial charge on any atom is -0.342 e. The Balaban J connectivity index is 1.57. The first kappa shape index (κ1) is 22.7. The molecular formula is C22H33N3O4S. The van der Waals surface area contributed by atoms with Crippen LogP contribution in [0.5, 0.6) is 0 Å². The van der Waals surface area contributed by atoms with E-state index in [9.17, 15) is 18.0 Å². The van der Waals surface area contributed by atoms with Crippen molar-refractivity contribution >= 4 is 21.8 Å². The van der Waals surface area contributed by atoms with Gasteiger partial charge in [-0.3, -0.25) is 9.59 Å². The van der Waals surface area contributed by atoms with E-state index in [4.69, 9.17) is 0 Å². The molecule has 2 aliphatic rings. The molecule has 1 unspecified atom stereocenters. The highest BCUT2D eigenvalue weighted by Gasteiger charge is 2.41. The number of aryl methyl sites for hydroxylation is 2. The Morgan fingerprint density at radius 1 is 1.13 bits per heavy atom. The van der Waals surface area contributed by atoms with Crippen LogP contribution in [0.4, 0.5) is 0 Å². The smallest absolute Gasteiger partial charge is 0.241 e. The molecule has 7 nitrogen and oxygen atoms in total. The minimum atomic E-state index is -3.60. The molecule has 0 bridgehead atoms. The van der Waals surface area contributed by atoms with Crippen LogP contribution in [0.15, 0.2) is 23.1 Å². The third-order valence-corrected chi connectivity index (χ3v) is 7.71. The molecule has 2 saturated heterocycles. The summed E-state index contributed by atoms with van der Waals surface area (Å²) in [5, 5.41) is 0. The number of nitrogens with one attached hydrogen (secondary N) is 1. The lowest BCUT2D eigenvalue weighted by Crippen LogP contribution is -2.48. The lowest BCUT2D eigenvalue weighted by molar-refractivity contribution is -0.136. The largest absolute Gasteiger partial charge is 0.342 e. The van der Waals surface area contributed by atoms with E-state index >= 15 is 0 Å². The zero-order valence-electron chi connectivity index (χ0n) is 18.6. The molecule has 166 valence electrons. The average molecular weight is 436 g/mol. The van der Waals surface area contributed by atoms with Gasteiger partial charge in [-0.25, -0.2) is 13.1 Å². The minimum absolute atomic E-state index is 0.00536. The number of sulfonamides is 1. The molecule has 30 heavy (non-hydrogen) atoms. The lowest BCUT2D eigenvalue weighted by Gasteiger charge is -2.35. The fourth-order valence-electron chi connectivity index (χ4n) is 4.38. The van der Waals surface area contributed by atoms with E-state index in [1.54, 1.807) is 28.9 Å². The molecule has 2 amide bonds. The molecule has 1 aromatic rings. The highest BCUT2D eigenvalue weighted by atomic mass is 32.2. The van der Waals surface area contributed by atoms with Gasteiger partial charge in [0.2, 0.25) is 21.8 Å². The van der Waals surface area contributed by atoms with Crippen molar-refractivity contribution in [3.05, 3.63) is 29.3 Å². The maximum atomic E-state index is 12.9. The van der Waals surface area contributed by atoms with Crippen molar-refractivity contribution < 1.29 is 18.0 Å². The average Bonchev–Trinajstić information content (AvgIpc) is 3.03. The number of carbonyl (C=O) groups excluding carboxylic acids is 2. The van der Waals surface area contributed by atoms with E-state index in [0.29, 0.717) is 37.4 Å². The topological polar surface area (TPSA) is 86.8 Å². The van der Waals surface area contributed by atoms with Crippen LogP contribution in [-0.4, -0.2) is 61.2 Å². The van der Waals surface area contributed by atoms with Crippen LogP contribution >= 0.6 is 0 Å². The second kappa shape index (κ2) is 8.30. The summed E-state index contributed by atoms with van der Waals surface area (Å²) in [6.07, 6.45) is 1.40. The molecule has 3 rings (SSSR count). The third-order valence-electron chi connectivity index (χ3n) is 6.03. The standard InChI is InChI=1S/C22H33N3O4S/c1-15-6-7-19(16(2)12-15)30(28,29)23-18-8-10-24(11-9-18)21(27)17-13-20(26)25(14-17)22(3,4)5/h6-7,12,17-18,23H,8-11,13-14H2,1-5H3. The Labute approximate surface area is 179 Å². The van der Waals surface area contributed by atoms with Crippen LogP contribution in [0.2, 0.25) is 0 Å². The monoisotopic (exact) mass is 435 g/mol. The van der Waals surface area contributed by atoms with Crippen LogP contribution in [0, 0.1) is 19.8 Å². The van der Waals surface area contributed by atoms with Crippen LogP contribution in [0.3, 0.4) is 0 Å². The van der Waals surface area contributed by atoms with Crippen LogP contribution < -0.4 is 4.72 Å². The highest BCUT2D eigenvalue weighted by molar-refractivity contribution is 7.89. The number of likely N-dealkylation sites (tertiary alicyclic amines) is 2. The van der Waals surface area contributed by atoms with Crippen molar-refractivity contribution in [1.82, 2.24) is 14.5 Å². The quantitative estimate of drug-likeness (QED) is 0.786. The van der Waals surface area contributed by atoms with Gasteiger partial charge in [-0.1, -0.05) is 17.7 Å². The summed E-state index contributed by atoms with van der Waals surface area (Å²) in [5.74, 6) is -0.275. The molecule has 1 aromatic carbocycles. The SMILES string of the molecule is Cc1ccc(S(=O)(=O)NC2CCN(C(=O)C3CC(=O)N(C(C)(C)C)C3)CC2)c(C)c1. The normalized spacial score (nSPS) is 21.4. The number of carbonyl (C=O) groups is 2. The van der Waals surface area contributed by atoms with Crippen molar-refractivity contribution in [2.45, 2.75) is 70.4 Å².